The van der Waals surface area contributed by atoms with Gasteiger partial charge in [-0.05, 0) is 24.0 Å². The molecule has 0 spiro atoms. The van der Waals surface area contributed by atoms with Crippen LogP contribution in [0.25, 0.3) is 0 Å². The van der Waals surface area contributed by atoms with Gasteiger partial charge in [0.05, 0.1) is 5.41 Å². The lowest BCUT2D eigenvalue weighted by Gasteiger charge is -2.21. The molecule has 0 atom stereocenters. The van der Waals surface area contributed by atoms with Crippen molar-refractivity contribution >= 4 is 15.9 Å². The lowest BCUT2D eigenvalue weighted by atomic mass is 9.91. The van der Waals surface area contributed by atoms with Gasteiger partial charge >= 0.3 is 6.18 Å². The SMILES string of the molecule is FC(F)(F)C1(c2ccccc2CBr)CC1. The first-order chi connectivity index (χ1) is 7.01. The van der Waals surface area contributed by atoms with Gasteiger partial charge in [0.15, 0.2) is 0 Å². The Labute approximate surface area is 94.6 Å². The summed E-state index contributed by atoms with van der Waals surface area (Å²) in [6.07, 6.45) is -3.67. The Hall–Kier alpha value is -0.510. The molecule has 0 aromatic heterocycles. The number of hydrogen-bond donors (Lipinski definition) is 0. The fourth-order valence-corrected chi connectivity index (χ4v) is 2.42. The third kappa shape index (κ3) is 1.69. The Morgan fingerprint density at radius 1 is 1.20 bits per heavy atom. The summed E-state index contributed by atoms with van der Waals surface area (Å²) in [5.74, 6) is 0. The summed E-state index contributed by atoms with van der Waals surface area (Å²) in [4.78, 5) is 0. The molecule has 1 aliphatic rings. The molecule has 1 saturated carbocycles. The molecular weight excluding hydrogens is 269 g/mol. The normalized spacial score (nSPS) is 18.9. The van der Waals surface area contributed by atoms with Crippen LogP contribution >= 0.6 is 15.9 Å². The highest BCUT2D eigenvalue weighted by Gasteiger charge is 2.64. The molecule has 82 valence electrons. The molecule has 4 heteroatoms. The summed E-state index contributed by atoms with van der Waals surface area (Å²) < 4.78 is 38.6. The van der Waals surface area contributed by atoms with Crippen molar-refractivity contribution in [2.45, 2.75) is 29.8 Å². The molecule has 1 fully saturated rings. The predicted molar refractivity (Wildman–Crippen MR) is 56.0 cm³/mol. The van der Waals surface area contributed by atoms with Crippen molar-refractivity contribution in [1.29, 1.82) is 0 Å². The van der Waals surface area contributed by atoms with Gasteiger partial charge in [0.25, 0.3) is 0 Å². The number of hydrogen-bond acceptors (Lipinski definition) is 0. The molecule has 0 nitrogen and oxygen atoms in total. The first-order valence-corrected chi connectivity index (χ1v) is 5.84. The van der Waals surface area contributed by atoms with Gasteiger partial charge in [0.1, 0.15) is 0 Å². The predicted octanol–water partition coefficient (Wildman–Crippen LogP) is 4.18. The van der Waals surface area contributed by atoms with Crippen LogP contribution in [0.2, 0.25) is 0 Å². The molecule has 15 heavy (non-hydrogen) atoms. The summed E-state index contributed by atoms with van der Waals surface area (Å²) in [5, 5.41) is 0.473. The highest BCUT2D eigenvalue weighted by atomic mass is 79.9. The fraction of sp³-hybridized carbons (Fsp3) is 0.455. The van der Waals surface area contributed by atoms with Gasteiger partial charge in [-0.3, -0.25) is 0 Å². The number of benzene rings is 1. The molecule has 0 heterocycles. The minimum atomic E-state index is -4.12. The summed E-state index contributed by atoms with van der Waals surface area (Å²) in [6.45, 7) is 0. The summed E-state index contributed by atoms with van der Waals surface area (Å²) in [6, 6.07) is 6.78. The third-order valence-electron chi connectivity index (χ3n) is 2.97. The lowest BCUT2D eigenvalue weighted by Crippen LogP contribution is -2.29. The van der Waals surface area contributed by atoms with Gasteiger partial charge in [-0.25, -0.2) is 0 Å². The van der Waals surface area contributed by atoms with Crippen molar-refractivity contribution < 1.29 is 13.2 Å². The molecule has 0 aliphatic heterocycles. The molecule has 1 aliphatic carbocycles. The molecular formula is C11H10BrF3. The van der Waals surface area contributed by atoms with Gasteiger partial charge in [-0.1, -0.05) is 40.2 Å². The standard InChI is InChI=1S/C11H10BrF3/c12-7-8-3-1-2-4-9(8)10(5-6-10)11(13,14)15/h1-4H,5-7H2. The van der Waals surface area contributed by atoms with E-state index in [1.54, 1.807) is 24.3 Å². The van der Waals surface area contributed by atoms with Crippen LogP contribution in [0.15, 0.2) is 24.3 Å². The van der Waals surface area contributed by atoms with Crippen LogP contribution in [0.5, 0.6) is 0 Å². The van der Waals surface area contributed by atoms with Gasteiger partial charge in [-0.15, -0.1) is 0 Å². The molecule has 1 aromatic carbocycles. The van der Waals surface area contributed by atoms with E-state index in [1.807, 2.05) is 0 Å². The zero-order valence-corrected chi connectivity index (χ0v) is 9.53. The molecule has 0 unspecified atom stereocenters. The Bertz CT molecular complexity index is 366. The van der Waals surface area contributed by atoms with Crippen molar-refractivity contribution in [1.82, 2.24) is 0 Å². The average Bonchev–Trinajstić information content (AvgIpc) is 2.97. The van der Waals surface area contributed by atoms with E-state index in [4.69, 9.17) is 0 Å². The quantitative estimate of drug-likeness (QED) is 0.712. The molecule has 0 amide bonds. The van der Waals surface area contributed by atoms with Gasteiger partial charge in [0, 0.05) is 5.33 Å². The maximum Gasteiger partial charge on any atom is 0.398 e. The van der Waals surface area contributed by atoms with E-state index in [0.29, 0.717) is 10.9 Å². The van der Waals surface area contributed by atoms with Gasteiger partial charge < -0.3 is 0 Å². The minimum Gasteiger partial charge on any atom is -0.170 e. The molecule has 0 bridgehead atoms. The number of alkyl halides is 4. The average molecular weight is 279 g/mol. The second kappa shape index (κ2) is 3.51. The molecule has 0 N–H and O–H groups in total. The maximum atomic E-state index is 12.9. The summed E-state index contributed by atoms with van der Waals surface area (Å²) in [5.41, 5.74) is -0.376. The van der Waals surface area contributed by atoms with Crippen molar-refractivity contribution in [3.05, 3.63) is 35.4 Å². The van der Waals surface area contributed by atoms with Crippen LogP contribution in [-0.2, 0) is 10.7 Å². The van der Waals surface area contributed by atoms with Crippen LogP contribution < -0.4 is 0 Å². The fourth-order valence-electron chi connectivity index (χ4n) is 1.93. The summed E-state index contributed by atoms with van der Waals surface area (Å²) in [7, 11) is 0. The van der Waals surface area contributed by atoms with Gasteiger partial charge in [0.2, 0.25) is 0 Å². The second-order valence-electron chi connectivity index (χ2n) is 3.87. The highest BCUT2D eigenvalue weighted by Crippen LogP contribution is 2.59. The van der Waals surface area contributed by atoms with E-state index in [2.05, 4.69) is 15.9 Å². The van der Waals surface area contributed by atoms with Crippen molar-refractivity contribution in [2.24, 2.45) is 0 Å². The highest BCUT2D eigenvalue weighted by molar-refractivity contribution is 9.08. The Balaban J connectivity index is 2.46. The van der Waals surface area contributed by atoms with Crippen molar-refractivity contribution in [2.75, 3.05) is 0 Å². The first kappa shape index (κ1) is 11.0. The van der Waals surface area contributed by atoms with Crippen molar-refractivity contribution in [3.8, 4) is 0 Å². The number of rotatable bonds is 2. The molecule has 0 radical (unpaired) electrons. The van der Waals surface area contributed by atoms with E-state index in [1.165, 1.54) is 0 Å². The van der Waals surface area contributed by atoms with Crippen molar-refractivity contribution in [3.63, 3.8) is 0 Å². The Morgan fingerprint density at radius 2 is 1.80 bits per heavy atom. The lowest BCUT2D eigenvalue weighted by molar-refractivity contribution is -0.160. The monoisotopic (exact) mass is 278 g/mol. The van der Waals surface area contributed by atoms with E-state index in [0.717, 1.165) is 5.56 Å². The topological polar surface area (TPSA) is 0 Å². The van der Waals surface area contributed by atoms with Crippen LogP contribution in [0.3, 0.4) is 0 Å². The Morgan fingerprint density at radius 3 is 2.27 bits per heavy atom. The summed E-state index contributed by atoms with van der Waals surface area (Å²) >= 11 is 3.23. The zero-order chi connectivity index (χ0) is 11.1. The third-order valence-corrected chi connectivity index (χ3v) is 3.57. The smallest absolute Gasteiger partial charge is 0.170 e. The van der Waals surface area contributed by atoms with E-state index >= 15 is 0 Å². The van der Waals surface area contributed by atoms with Crippen LogP contribution in [0.4, 0.5) is 13.2 Å². The van der Waals surface area contributed by atoms with Crippen LogP contribution in [0, 0.1) is 0 Å². The van der Waals surface area contributed by atoms with Crippen LogP contribution in [-0.4, -0.2) is 6.18 Å². The van der Waals surface area contributed by atoms with E-state index in [9.17, 15) is 13.2 Å². The van der Waals surface area contributed by atoms with E-state index < -0.39 is 11.6 Å². The van der Waals surface area contributed by atoms with Crippen LogP contribution in [0.1, 0.15) is 24.0 Å². The van der Waals surface area contributed by atoms with Gasteiger partial charge in [-0.2, -0.15) is 13.2 Å². The first-order valence-electron chi connectivity index (χ1n) is 4.72. The maximum absolute atomic E-state index is 12.9. The Kier molecular flexibility index (Phi) is 2.57. The minimum absolute atomic E-state index is 0.223. The van der Waals surface area contributed by atoms with E-state index in [-0.39, 0.29) is 12.8 Å². The molecule has 1 aromatic rings. The number of halogens is 4. The largest absolute Gasteiger partial charge is 0.398 e. The second-order valence-corrected chi connectivity index (χ2v) is 4.43. The zero-order valence-electron chi connectivity index (χ0n) is 7.94. The molecule has 2 rings (SSSR count). The molecule has 0 saturated heterocycles.